The zero-order chi connectivity index (χ0) is 18.7. The van der Waals surface area contributed by atoms with Gasteiger partial charge < -0.3 is 20.4 Å². The summed E-state index contributed by atoms with van der Waals surface area (Å²) in [6.45, 7) is 1.76. The van der Waals surface area contributed by atoms with Crippen molar-refractivity contribution < 1.29 is 22.7 Å². The predicted octanol–water partition coefficient (Wildman–Crippen LogP) is 4.34. The van der Waals surface area contributed by atoms with Crippen molar-refractivity contribution in [2.75, 3.05) is 5.32 Å². The SMILES string of the molecule is CC(NC(=O)Nc1ccc(OC(F)(F)F)cc1)c1nc2ccccc2[nH]1. The normalized spacial score (nSPS) is 12.6. The van der Waals surface area contributed by atoms with Gasteiger partial charge in [-0.05, 0) is 43.3 Å². The fourth-order valence-corrected chi connectivity index (χ4v) is 2.35. The molecule has 3 rings (SSSR count). The van der Waals surface area contributed by atoms with Crippen molar-refractivity contribution in [1.29, 1.82) is 0 Å². The van der Waals surface area contributed by atoms with Crippen LogP contribution in [0.15, 0.2) is 48.5 Å². The van der Waals surface area contributed by atoms with Crippen LogP contribution >= 0.6 is 0 Å². The molecule has 9 heteroatoms. The Balaban J connectivity index is 1.59. The number of rotatable bonds is 4. The van der Waals surface area contributed by atoms with Gasteiger partial charge >= 0.3 is 12.4 Å². The van der Waals surface area contributed by atoms with Crippen LogP contribution in [0.3, 0.4) is 0 Å². The summed E-state index contributed by atoms with van der Waals surface area (Å²) < 4.78 is 40.1. The summed E-state index contributed by atoms with van der Waals surface area (Å²) in [6.07, 6.45) is -4.76. The van der Waals surface area contributed by atoms with Crippen LogP contribution in [0.4, 0.5) is 23.7 Å². The van der Waals surface area contributed by atoms with E-state index in [1.54, 1.807) is 6.92 Å². The van der Waals surface area contributed by atoms with Gasteiger partial charge in [0.1, 0.15) is 11.6 Å². The molecule has 0 radical (unpaired) electrons. The number of carbonyl (C=O) groups excluding carboxylic acids is 1. The molecule has 0 bridgehead atoms. The molecule has 3 N–H and O–H groups in total. The van der Waals surface area contributed by atoms with Crippen molar-refractivity contribution >= 4 is 22.8 Å². The first-order valence-corrected chi connectivity index (χ1v) is 7.68. The maximum absolute atomic E-state index is 12.1. The highest BCUT2D eigenvalue weighted by Gasteiger charge is 2.30. The average molecular weight is 364 g/mol. The third-order valence-corrected chi connectivity index (χ3v) is 3.51. The number of amides is 2. The van der Waals surface area contributed by atoms with Gasteiger partial charge in [-0.15, -0.1) is 13.2 Å². The highest BCUT2D eigenvalue weighted by Crippen LogP contribution is 2.24. The van der Waals surface area contributed by atoms with Crippen LogP contribution in [0.25, 0.3) is 11.0 Å². The summed E-state index contributed by atoms with van der Waals surface area (Å²) in [6, 6.07) is 11.4. The van der Waals surface area contributed by atoms with E-state index in [4.69, 9.17) is 0 Å². The van der Waals surface area contributed by atoms with E-state index < -0.39 is 18.4 Å². The molecule has 0 saturated carbocycles. The summed E-state index contributed by atoms with van der Waals surface area (Å²) in [7, 11) is 0. The average Bonchev–Trinajstić information content (AvgIpc) is 2.99. The predicted molar refractivity (Wildman–Crippen MR) is 89.8 cm³/mol. The molecule has 0 fully saturated rings. The Kier molecular flexibility index (Phi) is 4.70. The molecule has 1 unspecified atom stereocenters. The van der Waals surface area contributed by atoms with Crippen molar-refractivity contribution in [3.05, 3.63) is 54.4 Å². The third-order valence-electron chi connectivity index (χ3n) is 3.51. The fraction of sp³-hybridized carbons (Fsp3) is 0.176. The van der Waals surface area contributed by atoms with Crippen molar-refractivity contribution in [3.8, 4) is 5.75 Å². The van der Waals surface area contributed by atoms with E-state index in [2.05, 4.69) is 25.3 Å². The van der Waals surface area contributed by atoms with Gasteiger partial charge in [-0.25, -0.2) is 9.78 Å². The number of nitrogens with zero attached hydrogens (tertiary/aromatic N) is 1. The van der Waals surface area contributed by atoms with Gasteiger partial charge in [0.15, 0.2) is 0 Å². The lowest BCUT2D eigenvalue weighted by atomic mass is 10.3. The van der Waals surface area contributed by atoms with Crippen molar-refractivity contribution in [3.63, 3.8) is 0 Å². The molecule has 0 saturated heterocycles. The van der Waals surface area contributed by atoms with Gasteiger partial charge in [-0.2, -0.15) is 0 Å². The highest BCUT2D eigenvalue weighted by molar-refractivity contribution is 5.89. The van der Waals surface area contributed by atoms with E-state index >= 15 is 0 Å². The number of nitrogens with one attached hydrogen (secondary N) is 3. The minimum absolute atomic E-state index is 0.328. The number of aromatic nitrogens is 2. The van der Waals surface area contributed by atoms with E-state index in [0.717, 1.165) is 23.2 Å². The Morgan fingerprint density at radius 2 is 1.85 bits per heavy atom. The maximum Gasteiger partial charge on any atom is 0.573 e. The van der Waals surface area contributed by atoms with Crippen molar-refractivity contribution in [2.45, 2.75) is 19.3 Å². The van der Waals surface area contributed by atoms with E-state index in [-0.39, 0.29) is 5.75 Å². The van der Waals surface area contributed by atoms with Crippen LogP contribution in [-0.2, 0) is 0 Å². The molecule has 2 aromatic carbocycles. The molecule has 2 amide bonds. The number of aromatic amines is 1. The third kappa shape index (κ3) is 4.44. The lowest BCUT2D eigenvalue weighted by Crippen LogP contribution is -2.31. The maximum atomic E-state index is 12.1. The first-order chi connectivity index (χ1) is 12.3. The van der Waals surface area contributed by atoms with E-state index in [1.165, 1.54) is 12.1 Å². The molecule has 0 spiro atoms. The number of fused-ring (bicyclic) bond motifs is 1. The number of H-pyrrole nitrogens is 1. The number of imidazole rings is 1. The van der Waals surface area contributed by atoms with Crippen LogP contribution in [0.2, 0.25) is 0 Å². The topological polar surface area (TPSA) is 79.0 Å². The largest absolute Gasteiger partial charge is 0.573 e. The molecule has 6 nitrogen and oxygen atoms in total. The van der Waals surface area contributed by atoms with E-state index in [1.807, 2.05) is 24.3 Å². The van der Waals surface area contributed by atoms with Crippen molar-refractivity contribution in [2.24, 2.45) is 0 Å². The molecule has 0 aliphatic heterocycles. The highest BCUT2D eigenvalue weighted by atomic mass is 19.4. The standard InChI is InChI=1S/C17H15F3N4O2/c1-10(15-23-13-4-2-3-5-14(13)24-15)21-16(25)22-11-6-8-12(9-7-11)26-17(18,19)20/h2-10H,1H3,(H,23,24)(H2,21,22,25). The van der Waals surface area contributed by atoms with Gasteiger partial charge in [0.25, 0.3) is 0 Å². The van der Waals surface area contributed by atoms with Crippen molar-refractivity contribution in [1.82, 2.24) is 15.3 Å². The van der Waals surface area contributed by atoms with Crippen LogP contribution in [0.5, 0.6) is 5.75 Å². The minimum Gasteiger partial charge on any atom is -0.406 e. The number of urea groups is 1. The Morgan fingerprint density at radius 3 is 2.50 bits per heavy atom. The van der Waals surface area contributed by atoms with Crippen LogP contribution in [-0.4, -0.2) is 22.4 Å². The summed E-state index contributed by atoms with van der Waals surface area (Å²) >= 11 is 0. The molecule has 0 aliphatic rings. The zero-order valence-electron chi connectivity index (χ0n) is 13.6. The number of benzene rings is 2. The van der Waals surface area contributed by atoms with E-state index in [9.17, 15) is 18.0 Å². The summed E-state index contributed by atoms with van der Waals surface area (Å²) in [5.41, 5.74) is 1.97. The molecule has 136 valence electrons. The van der Waals surface area contributed by atoms with Crippen LogP contribution < -0.4 is 15.4 Å². The van der Waals surface area contributed by atoms with Crippen LogP contribution in [0.1, 0.15) is 18.8 Å². The first-order valence-electron chi connectivity index (χ1n) is 7.68. The van der Waals surface area contributed by atoms with E-state index in [0.29, 0.717) is 11.5 Å². The molecular weight excluding hydrogens is 349 g/mol. The minimum atomic E-state index is -4.76. The molecule has 0 aliphatic carbocycles. The molecule has 3 aromatic rings. The van der Waals surface area contributed by atoms with Gasteiger partial charge in [0, 0.05) is 5.69 Å². The number of carbonyl (C=O) groups is 1. The number of para-hydroxylation sites is 2. The molecule has 1 heterocycles. The lowest BCUT2D eigenvalue weighted by Gasteiger charge is -2.13. The summed E-state index contributed by atoms with van der Waals surface area (Å²) in [4.78, 5) is 19.6. The van der Waals surface area contributed by atoms with Gasteiger partial charge in [0.05, 0.1) is 17.1 Å². The van der Waals surface area contributed by atoms with Gasteiger partial charge in [0.2, 0.25) is 0 Å². The lowest BCUT2D eigenvalue weighted by molar-refractivity contribution is -0.274. The number of hydrogen-bond donors (Lipinski definition) is 3. The summed E-state index contributed by atoms with van der Waals surface area (Å²) in [5.74, 6) is 0.231. The number of hydrogen-bond acceptors (Lipinski definition) is 3. The Labute approximate surface area is 146 Å². The molecule has 26 heavy (non-hydrogen) atoms. The molecule has 1 atom stereocenters. The van der Waals surface area contributed by atoms with Crippen LogP contribution in [0, 0.1) is 0 Å². The molecular formula is C17H15F3N4O2. The fourth-order valence-electron chi connectivity index (χ4n) is 2.35. The zero-order valence-corrected chi connectivity index (χ0v) is 13.6. The van der Waals surface area contributed by atoms with Gasteiger partial charge in [-0.1, -0.05) is 12.1 Å². The monoisotopic (exact) mass is 364 g/mol. The number of anilines is 1. The summed E-state index contributed by atoms with van der Waals surface area (Å²) in [5, 5.41) is 5.24. The Hall–Kier alpha value is -3.23. The Bertz CT molecular complexity index is 873. The quantitative estimate of drug-likeness (QED) is 0.644. The van der Waals surface area contributed by atoms with Gasteiger partial charge in [-0.3, -0.25) is 0 Å². The second-order valence-corrected chi connectivity index (χ2v) is 5.53. The number of alkyl halides is 3. The first kappa shape index (κ1) is 17.6. The smallest absolute Gasteiger partial charge is 0.406 e. The Morgan fingerprint density at radius 1 is 1.15 bits per heavy atom. The molecule has 1 aromatic heterocycles. The number of ether oxygens (including phenoxy) is 1. The second-order valence-electron chi connectivity index (χ2n) is 5.53. The number of halogens is 3. The second kappa shape index (κ2) is 6.95.